The maximum atomic E-state index is 4.57. The Morgan fingerprint density at radius 2 is 1.82 bits per heavy atom. The Labute approximate surface area is 135 Å². The zero-order valence-electron chi connectivity index (χ0n) is 14.5. The normalized spacial score (nSPS) is 18.6. The van der Waals surface area contributed by atoms with Crippen LogP contribution in [0.5, 0.6) is 0 Å². The number of piperazine rings is 1. The van der Waals surface area contributed by atoms with E-state index in [-0.39, 0.29) is 0 Å². The highest BCUT2D eigenvalue weighted by Gasteiger charge is 2.17. The summed E-state index contributed by atoms with van der Waals surface area (Å²) in [6.07, 6.45) is 1.85. The molecule has 124 valence electrons. The van der Waals surface area contributed by atoms with Gasteiger partial charge in [-0.3, -0.25) is 0 Å². The molecule has 0 aliphatic carbocycles. The third kappa shape index (κ3) is 5.21. The summed E-state index contributed by atoms with van der Waals surface area (Å²) in [5, 5.41) is 3.46. The number of likely N-dealkylation sites (N-methyl/N-ethyl adjacent to an activating group) is 1. The van der Waals surface area contributed by atoms with E-state index in [1.807, 2.05) is 12.3 Å². The summed E-state index contributed by atoms with van der Waals surface area (Å²) in [7, 11) is 0. The number of anilines is 1. The molecule has 0 bridgehead atoms. The Morgan fingerprint density at radius 3 is 2.45 bits per heavy atom. The van der Waals surface area contributed by atoms with E-state index < -0.39 is 0 Å². The van der Waals surface area contributed by atoms with Crippen molar-refractivity contribution in [2.75, 3.05) is 51.1 Å². The minimum Gasteiger partial charge on any atom is -0.370 e. The zero-order valence-corrected chi connectivity index (χ0v) is 14.5. The first kappa shape index (κ1) is 17.2. The topological polar surface area (TPSA) is 44.3 Å². The van der Waals surface area contributed by atoms with Crippen LogP contribution in [0, 0.1) is 5.92 Å². The van der Waals surface area contributed by atoms with Crippen LogP contribution in [-0.4, -0.2) is 65.6 Å². The predicted molar refractivity (Wildman–Crippen MR) is 92.3 cm³/mol. The van der Waals surface area contributed by atoms with Gasteiger partial charge in [0.05, 0.1) is 0 Å². The molecule has 0 amide bonds. The summed E-state index contributed by atoms with van der Waals surface area (Å²) in [5.41, 5.74) is 0. The minimum absolute atomic E-state index is 0.369. The molecule has 1 saturated heterocycles. The van der Waals surface area contributed by atoms with E-state index in [0.717, 1.165) is 24.7 Å². The highest BCUT2D eigenvalue weighted by molar-refractivity contribution is 5.33. The molecule has 0 radical (unpaired) electrons. The average molecular weight is 305 g/mol. The van der Waals surface area contributed by atoms with Crippen molar-refractivity contribution in [3.63, 3.8) is 0 Å². The Hall–Kier alpha value is -1.20. The highest BCUT2D eigenvalue weighted by Crippen LogP contribution is 2.12. The van der Waals surface area contributed by atoms with E-state index in [1.54, 1.807) is 0 Å². The van der Waals surface area contributed by atoms with Gasteiger partial charge in [0.25, 0.3) is 0 Å². The molecule has 0 spiro atoms. The van der Waals surface area contributed by atoms with Crippen molar-refractivity contribution in [1.82, 2.24) is 19.8 Å². The number of nitrogens with one attached hydrogen (secondary N) is 1. The number of rotatable bonds is 7. The number of hydrogen-bond acceptors (Lipinski definition) is 5. The third-order valence-corrected chi connectivity index (χ3v) is 4.30. The second-order valence-electron chi connectivity index (χ2n) is 6.68. The fraction of sp³-hybridized carbons (Fsp3) is 0.765. The predicted octanol–water partition coefficient (Wildman–Crippen LogP) is 2.29. The molecule has 5 heteroatoms. The van der Waals surface area contributed by atoms with Crippen LogP contribution in [-0.2, 0) is 0 Å². The maximum Gasteiger partial charge on any atom is 0.133 e. The SMILES string of the molecule is CCN1CCN(CC(C)CNc2ccnc(C(C)C)n2)CC1. The lowest BCUT2D eigenvalue weighted by molar-refractivity contribution is 0.126. The van der Waals surface area contributed by atoms with Gasteiger partial charge in [-0.1, -0.05) is 27.7 Å². The van der Waals surface area contributed by atoms with Gasteiger partial charge >= 0.3 is 0 Å². The van der Waals surface area contributed by atoms with Crippen LogP contribution in [0.1, 0.15) is 39.4 Å². The zero-order chi connectivity index (χ0) is 15.9. The molecule has 2 rings (SSSR count). The maximum absolute atomic E-state index is 4.57. The van der Waals surface area contributed by atoms with Crippen LogP contribution in [0.2, 0.25) is 0 Å². The monoisotopic (exact) mass is 305 g/mol. The van der Waals surface area contributed by atoms with Gasteiger partial charge in [0.15, 0.2) is 0 Å². The van der Waals surface area contributed by atoms with Crippen LogP contribution < -0.4 is 5.32 Å². The molecule has 1 aliphatic heterocycles. The molecule has 1 fully saturated rings. The number of hydrogen-bond donors (Lipinski definition) is 1. The minimum atomic E-state index is 0.369. The van der Waals surface area contributed by atoms with Crippen molar-refractivity contribution in [3.8, 4) is 0 Å². The molecule has 1 aromatic rings. The fourth-order valence-electron chi connectivity index (χ4n) is 2.82. The Balaban J connectivity index is 1.73. The first-order valence-electron chi connectivity index (χ1n) is 8.60. The molecule has 0 saturated carbocycles. The van der Waals surface area contributed by atoms with Crippen LogP contribution >= 0.6 is 0 Å². The Bertz CT molecular complexity index is 440. The van der Waals surface area contributed by atoms with Gasteiger partial charge in [0, 0.05) is 51.4 Å². The van der Waals surface area contributed by atoms with Crippen molar-refractivity contribution in [2.45, 2.75) is 33.6 Å². The summed E-state index contributed by atoms with van der Waals surface area (Å²) in [6, 6.07) is 1.96. The average Bonchev–Trinajstić information content (AvgIpc) is 2.54. The summed E-state index contributed by atoms with van der Waals surface area (Å²) in [5.74, 6) is 2.84. The largest absolute Gasteiger partial charge is 0.370 e. The quantitative estimate of drug-likeness (QED) is 0.837. The van der Waals surface area contributed by atoms with E-state index >= 15 is 0 Å². The number of nitrogens with zero attached hydrogens (tertiary/aromatic N) is 4. The van der Waals surface area contributed by atoms with Gasteiger partial charge < -0.3 is 15.1 Å². The molecular formula is C17H31N5. The Kier molecular flexibility index (Phi) is 6.58. The van der Waals surface area contributed by atoms with Gasteiger partial charge in [-0.15, -0.1) is 0 Å². The molecule has 2 heterocycles. The smallest absolute Gasteiger partial charge is 0.133 e. The molecule has 0 aromatic carbocycles. The molecule has 22 heavy (non-hydrogen) atoms. The summed E-state index contributed by atoms with van der Waals surface area (Å²) in [6.45, 7) is 16.9. The van der Waals surface area contributed by atoms with E-state index in [1.165, 1.54) is 32.7 Å². The van der Waals surface area contributed by atoms with E-state index in [0.29, 0.717) is 11.8 Å². The van der Waals surface area contributed by atoms with E-state index in [4.69, 9.17) is 0 Å². The van der Waals surface area contributed by atoms with Crippen molar-refractivity contribution in [1.29, 1.82) is 0 Å². The standard InChI is InChI=1S/C17H31N5/c1-5-21-8-10-22(11-9-21)13-15(4)12-19-16-6-7-18-17(20-16)14(2)3/h6-7,14-15H,5,8-13H2,1-4H3,(H,18,19,20). The summed E-state index contributed by atoms with van der Waals surface area (Å²) < 4.78 is 0. The Morgan fingerprint density at radius 1 is 1.14 bits per heavy atom. The molecular weight excluding hydrogens is 274 g/mol. The molecule has 1 atom stereocenters. The first-order chi connectivity index (χ1) is 10.6. The van der Waals surface area contributed by atoms with Gasteiger partial charge in [-0.25, -0.2) is 9.97 Å². The molecule has 1 aliphatic rings. The molecule has 1 unspecified atom stereocenters. The summed E-state index contributed by atoms with van der Waals surface area (Å²) in [4.78, 5) is 14.0. The summed E-state index contributed by atoms with van der Waals surface area (Å²) >= 11 is 0. The number of aromatic nitrogens is 2. The van der Waals surface area contributed by atoms with Gasteiger partial charge in [0.1, 0.15) is 11.6 Å². The lowest BCUT2D eigenvalue weighted by Gasteiger charge is -2.35. The fourth-order valence-corrected chi connectivity index (χ4v) is 2.82. The highest BCUT2D eigenvalue weighted by atomic mass is 15.3. The van der Waals surface area contributed by atoms with Crippen molar-refractivity contribution >= 4 is 5.82 Å². The van der Waals surface area contributed by atoms with E-state index in [9.17, 15) is 0 Å². The lowest BCUT2D eigenvalue weighted by Crippen LogP contribution is -2.47. The lowest BCUT2D eigenvalue weighted by atomic mass is 10.1. The second kappa shape index (κ2) is 8.44. The van der Waals surface area contributed by atoms with Crippen LogP contribution in [0.15, 0.2) is 12.3 Å². The van der Waals surface area contributed by atoms with Gasteiger partial charge in [-0.05, 0) is 18.5 Å². The van der Waals surface area contributed by atoms with Crippen molar-refractivity contribution < 1.29 is 0 Å². The van der Waals surface area contributed by atoms with Crippen LogP contribution in [0.25, 0.3) is 0 Å². The van der Waals surface area contributed by atoms with E-state index in [2.05, 4.69) is 52.8 Å². The van der Waals surface area contributed by atoms with Gasteiger partial charge in [0.2, 0.25) is 0 Å². The van der Waals surface area contributed by atoms with Crippen molar-refractivity contribution in [2.24, 2.45) is 5.92 Å². The van der Waals surface area contributed by atoms with Crippen LogP contribution in [0.4, 0.5) is 5.82 Å². The second-order valence-corrected chi connectivity index (χ2v) is 6.68. The van der Waals surface area contributed by atoms with Gasteiger partial charge in [-0.2, -0.15) is 0 Å². The van der Waals surface area contributed by atoms with Crippen LogP contribution in [0.3, 0.4) is 0 Å². The van der Waals surface area contributed by atoms with Crippen molar-refractivity contribution in [3.05, 3.63) is 18.1 Å². The molecule has 1 aromatic heterocycles. The first-order valence-corrected chi connectivity index (χ1v) is 8.60. The molecule has 1 N–H and O–H groups in total. The molecule has 5 nitrogen and oxygen atoms in total. The third-order valence-electron chi connectivity index (χ3n) is 4.30.